The number of rotatable bonds is 12. The highest BCUT2D eigenvalue weighted by molar-refractivity contribution is 7.93. The fraction of sp³-hybridized carbons (Fsp3) is 0.404. The van der Waals surface area contributed by atoms with Crippen molar-refractivity contribution >= 4 is 61.8 Å². The smallest absolute Gasteiger partial charge is 0.249 e. The number of likely N-dealkylation sites (tertiary alicyclic amines) is 1. The molecule has 1 saturated carbocycles. The van der Waals surface area contributed by atoms with Crippen LogP contribution in [0.25, 0.3) is 22.2 Å². The Morgan fingerprint density at radius 3 is 2.26 bits per heavy atom. The quantitative estimate of drug-likeness (QED) is 0.0855. The number of anilines is 3. The minimum Gasteiger partial charge on any atom is -0.374 e. The van der Waals surface area contributed by atoms with E-state index in [2.05, 4.69) is 47.3 Å². The number of nitrogens with one attached hydrogen (secondary N) is 4. The van der Waals surface area contributed by atoms with Gasteiger partial charge >= 0.3 is 0 Å². The number of hydrogen-bond donors (Lipinski definition) is 4. The van der Waals surface area contributed by atoms with E-state index in [4.69, 9.17) is 4.98 Å². The number of fused-ring (bicyclic) bond motifs is 1. The van der Waals surface area contributed by atoms with Gasteiger partial charge in [-0.1, -0.05) is 31.4 Å². The Balaban J connectivity index is 0.771. The van der Waals surface area contributed by atoms with E-state index in [0.717, 1.165) is 68.8 Å². The Morgan fingerprint density at radius 1 is 0.815 bits per heavy atom. The van der Waals surface area contributed by atoms with E-state index >= 15 is 8.78 Å². The number of sulfonamides is 1. The van der Waals surface area contributed by atoms with Crippen LogP contribution in [-0.4, -0.2) is 114 Å². The summed E-state index contributed by atoms with van der Waals surface area (Å²) in [5.41, 5.74) is 2.37. The number of carbonyl (C=O) groups excluding carboxylic acids is 4. The maximum atomic E-state index is 15.8. The van der Waals surface area contributed by atoms with Gasteiger partial charge in [0.2, 0.25) is 33.5 Å². The number of nitrogens with zero attached hydrogens (tertiary/aromatic N) is 5. The van der Waals surface area contributed by atoms with Gasteiger partial charge in [0.05, 0.1) is 23.0 Å². The molecule has 9 rings (SSSR count). The van der Waals surface area contributed by atoms with Crippen LogP contribution in [0.2, 0.25) is 0 Å². The summed E-state index contributed by atoms with van der Waals surface area (Å²) in [6.45, 7) is 4.40. The van der Waals surface area contributed by atoms with Gasteiger partial charge < -0.3 is 20.1 Å². The number of halogens is 2. The van der Waals surface area contributed by atoms with Gasteiger partial charge in [-0.2, -0.15) is 0 Å². The van der Waals surface area contributed by atoms with Gasteiger partial charge in [0.1, 0.15) is 23.3 Å². The summed E-state index contributed by atoms with van der Waals surface area (Å²) < 4.78 is 59.4. The van der Waals surface area contributed by atoms with Crippen molar-refractivity contribution in [1.82, 2.24) is 30.1 Å². The number of H-pyrrole nitrogens is 1. The summed E-state index contributed by atoms with van der Waals surface area (Å²) in [7, 11) is -3.95. The number of benzene rings is 2. The number of piperazine rings is 1. The van der Waals surface area contributed by atoms with Crippen LogP contribution >= 0.6 is 0 Å². The molecule has 5 aromatic rings. The summed E-state index contributed by atoms with van der Waals surface area (Å²) in [5.74, 6) is -2.64. The molecule has 0 spiro atoms. The first-order valence-corrected chi connectivity index (χ1v) is 23.9. The first-order valence-electron chi connectivity index (χ1n) is 22.3. The second-order valence-electron chi connectivity index (χ2n) is 17.4. The van der Waals surface area contributed by atoms with E-state index in [0.29, 0.717) is 86.5 Å². The molecule has 3 saturated heterocycles. The molecule has 4 fully saturated rings. The lowest BCUT2D eigenvalue weighted by molar-refractivity contribution is -0.134. The molecule has 65 heavy (non-hydrogen) atoms. The number of pyridine rings is 2. The molecule has 2 aromatic carbocycles. The summed E-state index contributed by atoms with van der Waals surface area (Å²) in [6, 6.07) is 15.1. The highest BCUT2D eigenvalue weighted by Crippen LogP contribution is 2.33. The molecule has 4 N–H and O–H groups in total. The minimum absolute atomic E-state index is 0.0221. The SMILES string of the molecule is O=C1CCC(Nc2ccc(C3CCN(CC(=O)N4CCN(c5ccc(-c6cnc7[nH]cc(C(=O)c8c(F)ccc(NS(=O)(=O)C9CCCCC9)c8F)c7c6)cn5)CC4)CC3)cc2)C(=O)N1. The number of amides is 3. The topological polar surface area (TPSA) is 190 Å². The van der Waals surface area contributed by atoms with E-state index < -0.39 is 50.0 Å². The van der Waals surface area contributed by atoms with Gasteiger partial charge in [0, 0.05) is 79.0 Å². The average molecular weight is 908 g/mol. The van der Waals surface area contributed by atoms with Crippen LogP contribution in [0, 0.1) is 11.6 Å². The van der Waals surface area contributed by atoms with Crippen LogP contribution in [0.4, 0.5) is 26.0 Å². The van der Waals surface area contributed by atoms with Crippen LogP contribution < -0.4 is 20.3 Å². The third-order valence-corrected chi connectivity index (χ3v) is 15.1. The number of imide groups is 1. The van der Waals surface area contributed by atoms with Crippen molar-refractivity contribution in [3.05, 3.63) is 102 Å². The average Bonchev–Trinajstić information content (AvgIpc) is 3.75. The van der Waals surface area contributed by atoms with Crippen molar-refractivity contribution in [1.29, 1.82) is 0 Å². The predicted molar refractivity (Wildman–Crippen MR) is 242 cm³/mol. The molecular formula is C47H51F2N9O6S. The van der Waals surface area contributed by atoms with E-state index in [1.54, 1.807) is 18.5 Å². The van der Waals surface area contributed by atoms with Crippen molar-refractivity contribution in [3.8, 4) is 11.1 Å². The second-order valence-corrected chi connectivity index (χ2v) is 19.4. The molecule has 18 heteroatoms. The maximum absolute atomic E-state index is 15.8. The van der Waals surface area contributed by atoms with Crippen molar-refractivity contribution in [2.75, 3.05) is 60.8 Å². The zero-order chi connectivity index (χ0) is 45.2. The van der Waals surface area contributed by atoms with E-state index in [-0.39, 0.29) is 23.3 Å². The molecule has 0 radical (unpaired) electrons. The second kappa shape index (κ2) is 18.7. The van der Waals surface area contributed by atoms with Crippen molar-refractivity contribution in [2.24, 2.45) is 0 Å². The third-order valence-electron chi connectivity index (χ3n) is 13.3. The van der Waals surface area contributed by atoms with Crippen LogP contribution in [0.3, 0.4) is 0 Å². The molecule has 15 nitrogen and oxygen atoms in total. The Labute approximate surface area is 375 Å². The number of aromatic amines is 1. The molecule has 3 amide bonds. The summed E-state index contributed by atoms with van der Waals surface area (Å²) >= 11 is 0. The minimum atomic E-state index is -3.95. The summed E-state index contributed by atoms with van der Waals surface area (Å²) in [5, 5.41) is 5.25. The molecule has 6 heterocycles. The van der Waals surface area contributed by atoms with Gasteiger partial charge in [-0.25, -0.2) is 27.2 Å². The fourth-order valence-electron chi connectivity index (χ4n) is 9.46. The van der Waals surface area contributed by atoms with E-state index in [1.165, 1.54) is 11.8 Å². The monoisotopic (exact) mass is 907 g/mol. The predicted octanol–water partition coefficient (Wildman–Crippen LogP) is 5.95. The van der Waals surface area contributed by atoms with Crippen LogP contribution in [0.15, 0.2) is 73.2 Å². The number of carbonyl (C=O) groups is 4. The Morgan fingerprint density at radius 2 is 1.55 bits per heavy atom. The molecular weight excluding hydrogens is 857 g/mol. The number of ketones is 1. The van der Waals surface area contributed by atoms with Crippen LogP contribution in [0.1, 0.15) is 85.2 Å². The first kappa shape index (κ1) is 44.0. The summed E-state index contributed by atoms with van der Waals surface area (Å²) in [4.78, 5) is 69.1. The van der Waals surface area contributed by atoms with Crippen LogP contribution in [0.5, 0.6) is 0 Å². The van der Waals surface area contributed by atoms with Gasteiger partial charge in [-0.15, -0.1) is 0 Å². The molecule has 3 aliphatic heterocycles. The van der Waals surface area contributed by atoms with Gasteiger partial charge in [-0.05, 0) is 99.1 Å². The van der Waals surface area contributed by atoms with Gasteiger partial charge in [0.15, 0.2) is 5.82 Å². The number of hydrogen-bond acceptors (Lipinski definition) is 11. The van der Waals surface area contributed by atoms with Crippen LogP contribution in [-0.2, 0) is 24.4 Å². The lowest BCUT2D eigenvalue weighted by atomic mass is 9.89. The van der Waals surface area contributed by atoms with Crippen molar-refractivity contribution in [2.45, 2.75) is 75.0 Å². The van der Waals surface area contributed by atoms with Crippen molar-refractivity contribution < 1.29 is 36.4 Å². The lowest BCUT2D eigenvalue weighted by Gasteiger charge is -2.37. The molecule has 4 aliphatic rings. The zero-order valence-corrected chi connectivity index (χ0v) is 36.6. The number of aromatic nitrogens is 3. The Hall–Kier alpha value is -6.27. The molecule has 1 unspecified atom stereocenters. The molecule has 3 aromatic heterocycles. The highest BCUT2D eigenvalue weighted by atomic mass is 32.2. The van der Waals surface area contributed by atoms with Gasteiger partial charge in [0.25, 0.3) is 0 Å². The largest absolute Gasteiger partial charge is 0.374 e. The zero-order valence-electron chi connectivity index (χ0n) is 35.8. The van der Waals surface area contributed by atoms with E-state index in [1.807, 2.05) is 29.2 Å². The fourth-order valence-corrected chi connectivity index (χ4v) is 11.0. The van der Waals surface area contributed by atoms with E-state index in [9.17, 15) is 27.6 Å². The highest BCUT2D eigenvalue weighted by Gasteiger charge is 2.32. The molecule has 0 bridgehead atoms. The van der Waals surface area contributed by atoms with Gasteiger partial charge in [-0.3, -0.25) is 34.1 Å². The third kappa shape index (κ3) is 9.59. The van der Waals surface area contributed by atoms with Crippen molar-refractivity contribution in [3.63, 3.8) is 0 Å². The normalized spacial score (nSPS) is 19.3. The Kier molecular flexibility index (Phi) is 12.6. The summed E-state index contributed by atoms with van der Waals surface area (Å²) in [6.07, 6.45) is 10.7. The molecule has 340 valence electrons. The maximum Gasteiger partial charge on any atom is 0.249 e. The molecule has 1 aliphatic carbocycles. The lowest BCUT2D eigenvalue weighted by Crippen LogP contribution is -2.52. The number of piperidine rings is 2. The first-order chi connectivity index (χ1) is 31.4. The Bertz CT molecular complexity index is 2710. The molecule has 1 atom stereocenters. The standard InChI is InChI=1S/C47H51F2N9O6S/c48-37-11-12-38(55-65(63,64)34-4-2-1-3-5-34)44(49)43(37)45(61)36-27-52-46-35(36)24-32(26-51-46)31-8-14-40(50-25-31)57-20-22-58(23-21-57)42(60)28-56-18-16-30(17-19-56)29-6-9-33(10-7-29)53-39-13-15-41(59)54-47(39)62/h6-12,14,24-27,30,34,39,53,55H,1-5,13,15-23,28H2,(H,51,52)(H,54,59,62).